The minimum Gasteiger partial charge on any atom is -0.497 e. The zero-order valence-electron chi connectivity index (χ0n) is 10.4. The Hall–Kier alpha value is -2.62. The van der Waals surface area contributed by atoms with E-state index in [0.717, 1.165) is 16.9 Å². The van der Waals surface area contributed by atoms with Gasteiger partial charge in [0.05, 0.1) is 7.11 Å². The second-order valence-corrected chi connectivity index (χ2v) is 4.01. The van der Waals surface area contributed by atoms with Gasteiger partial charge >= 0.3 is 0 Å². The Morgan fingerprint density at radius 3 is 2.26 bits per heavy atom. The summed E-state index contributed by atoms with van der Waals surface area (Å²) >= 11 is 0. The second-order valence-electron chi connectivity index (χ2n) is 4.01. The van der Waals surface area contributed by atoms with Gasteiger partial charge in [0, 0.05) is 11.1 Å². The van der Waals surface area contributed by atoms with Crippen molar-refractivity contribution >= 4 is 0 Å². The van der Waals surface area contributed by atoms with Crippen LogP contribution in [-0.2, 0) is 0 Å². The average molecular weight is 252 g/mol. The highest BCUT2D eigenvalue weighted by Gasteiger charge is 2.10. The molecule has 0 aliphatic rings. The van der Waals surface area contributed by atoms with Crippen molar-refractivity contribution in [2.45, 2.75) is 0 Å². The highest BCUT2D eigenvalue weighted by Crippen LogP contribution is 2.25. The van der Waals surface area contributed by atoms with E-state index in [4.69, 9.17) is 9.15 Å². The molecule has 0 unspecified atom stereocenters. The van der Waals surface area contributed by atoms with Crippen molar-refractivity contribution < 1.29 is 9.15 Å². The van der Waals surface area contributed by atoms with Gasteiger partial charge in [0.2, 0.25) is 11.8 Å². The Balaban J connectivity index is 1.97. The molecule has 0 saturated heterocycles. The molecule has 0 amide bonds. The van der Waals surface area contributed by atoms with Gasteiger partial charge in [0.15, 0.2) is 0 Å². The summed E-state index contributed by atoms with van der Waals surface area (Å²) in [6.07, 6.45) is 0. The molecule has 0 bridgehead atoms. The van der Waals surface area contributed by atoms with Crippen molar-refractivity contribution in [2.24, 2.45) is 0 Å². The molecule has 3 aromatic rings. The van der Waals surface area contributed by atoms with Crippen LogP contribution in [0.2, 0.25) is 0 Å². The Labute approximate surface area is 110 Å². The first kappa shape index (κ1) is 11.5. The fourth-order valence-corrected chi connectivity index (χ4v) is 1.79. The predicted molar refractivity (Wildman–Crippen MR) is 71.7 cm³/mol. The van der Waals surface area contributed by atoms with Gasteiger partial charge in [0.1, 0.15) is 5.75 Å². The summed E-state index contributed by atoms with van der Waals surface area (Å²) in [5.41, 5.74) is 1.75. The van der Waals surface area contributed by atoms with E-state index >= 15 is 0 Å². The van der Waals surface area contributed by atoms with Gasteiger partial charge < -0.3 is 9.15 Å². The maximum atomic E-state index is 5.68. The molecule has 19 heavy (non-hydrogen) atoms. The van der Waals surface area contributed by atoms with Crippen LogP contribution >= 0.6 is 0 Å². The third kappa shape index (κ3) is 2.33. The first-order valence-corrected chi connectivity index (χ1v) is 5.90. The van der Waals surface area contributed by atoms with Gasteiger partial charge in [-0.25, -0.2) is 0 Å². The van der Waals surface area contributed by atoms with Gasteiger partial charge in [0.25, 0.3) is 0 Å². The van der Waals surface area contributed by atoms with E-state index < -0.39 is 0 Å². The maximum Gasteiger partial charge on any atom is 0.248 e. The molecule has 0 spiro atoms. The van der Waals surface area contributed by atoms with E-state index in [9.17, 15) is 0 Å². The molecule has 0 fully saturated rings. The summed E-state index contributed by atoms with van der Waals surface area (Å²) in [7, 11) is 1.63. The lowest BCUT2D eigenvalue weighted by atomic mass is 10.2. The number of aromatic nitrogens is 2. The van der Waals surface area contributed by atoms with Gasteiger partial charge in [-0.05, 0) is 30.3 Å². The third-order valence-corrected chi connectivity index (χ3v) is 2.76. The summed E-state index contributed by atoms with van der Waals surface area (Å²) in [4.78, 5) is 0. The van der Waals surface area contributed by atoms with E-state index in [2.05, 4.69) is 10.2 Å². The van der Waals surface area contributed by atoms with Gasteiger partial charge in [-0.3, -0.25) is 0 Å². The Morgan fingerprint density at radius 1 is 0.842 bits per heavy atom. The van der Waals surface area contributed by atoms with Crippen molar-refractivity contribution in [3.63, 3.8) is 0 Å². The SMILES string of the molecule is COc1cccc(-c2nnc(-c3ccccc3)o2)c1. The van der Waals surface area contributed by atoms with E-state index in [1.807, 2.05) is 54.6 Å². The molecule has 1 heterocycles. The number of hydrogen-bond donors (Lipinski definition) is 0. The molecular formula is C15H12N2O2. The summed E-state index contributed by atoms with van der Waals surface area (Å²) in [6.45, 7) is 0. The topological polar surface area (TPSA) is 48.2 Å². The molecule has 0 N–H and O–H groups in total. The first-order chi connectivity index (χ1) is 9.36. The Morgan fingerprint density at radius 2 is 1.53 bits per heavy atom. The minimum atomic E-state index is 0.484. The minimum absolute atomic E-state index is 0.484. The first-order valence-electron chi connectivity index (χ1n) is 5.90. The molecular weight excluding hydrogens is 240 g/mol. The predicted octanol–water partition coefficient (Wildman–Crippen LogP) is 3.41. The van der Waals surface area contributed by atoms with Crippen molar-refractivity contribution in [3.8, 4) is 28.7 Å². The molecule has 0 saturated carbocycles. The fourth-order valence-electron chi connectivity index (χ4n) is 1.79. The zero-order chi connectivity index (χ0) is 13.1. The lowest BCUT2D eigenvalue weighted by molar-refractivity contribution is 0.415. The number of ether oxygens (including phenoxy) is 1. The van der Waals surface area contributed by atoms with Gasteiger partial charge in [-0.2, -0.15) is 0 Å². The molecule has 4 heteroatoms. The fraction of sp³-hybridized carbons (Fsp3) is 0.0667. The van der Waals surface area contributed by atoms with E-state index in [0.29, 0.717) is 11.8 Å². The largest absolute Gasteiger partial charge is 0.497 e. The van der Waals surface area contributed by atoms with Crippen molar-refractivity contribution in [1.82, 2.24) is 10.2 Å². The highest BCUT2D eigenvalue weighted by atomic mass is 16.5. The summed E-state index contributed by atoms with van der Waals surface area (Å²) in [5, 5.41) is 8.13. The Bertz CT molecular complexity index is 677. The second kappa shape index (κ2) is 4.94. The number of rotatable bonds is 3. The molecule has 0 radical (unpaired) electrons. The molecule has 0 atom stereocenters. The van der Waals surface area contributed by atoms with Crippen molar-refractivity contribution in [1.29, 1.82) is 0 Å². The molecule has 2 aromatic carbocycles. The quantitative estimate of drug-likeness (QED) is 0.716. The number of nitrogens with zero attached hydrogens (tertiary/aromatic N) is 2. The van der Waals surface area contributed by atoms with Crippen LogP contribution in [0.4, 0.5) is 0 Å². The number of hydrogen-bond acceptors (Lipinski definition) is 4. The zero-order valence-corrected chi connectivity index (χ0v) is 10.4. The molecule has 94 valence electrons. The standard InChI is InChI=1S/C15H12N2O2/c1-18-13-9-5-8-12(10-13)15-17-16-14(19-15)11-6-3-2-4-7-11/h2-10H,1H3. The summed E-state index contributed by atoms with van der Waals surface area (Å²) in [6, 6.07) is 17.2. The van der Waals surface area contributed by atoms with Crippen LogP contribution in [0.1, 0.15) is 0 Å². The molecule has 3 rings (SSSR count). The van der Waals surface area contributed by atoms with Crippen LogP contribution < -0.4 is 4.74 Å². The lowest BCUT2D eigenvalue weighted by Crippen LogP contribution is -1.83. The summed E-state index contributed by atoms with van der Waals surface area (Å²) in [5.74, 6) is 1.76. The van der Waals surface area contributed by atoms with Crippen LogP contribution in [-0.4, -0.2) is 17.3 Å². The molecule has 0 aliphatic carbocycles. The maximum absolute atomic E-state index is 5.68. The van der Waals surface area contributed by atoms with Crippen molar-refractivity contribution in [2.75, 3.05) is 7.11 Å². The molecule has 4 nitrogen and oxygen atoms in total. The third-order valence-electron chi connectivity index (χ3n) is 2.76. The van der Waals surface area contributed by atoms with E-state index in [1.165, 1.54) is 0 Å². The molecule has 0 aliphatic heterocycles. The van der Waals surface area contributed by atoms with E-state index in [1.54, 1.807) is 7.11 Å². The van der Waals surface area contributed by atoms with Gasteiger partial charge in [-0.15, -0.1) is 10.2 Å². The van der Waals surface area contributed by atoms with E-state index in [-0.39, 0.29) is 0 Å². The number of methoxy groups -OCH3 is 1. The smallest absolute Gasteiger partial charge is 0.248 e. The van der Waals surface area contributed by atoms with Gasteiger partial charge in [-0.1, -0.05) is 24.3 Å². The average Bonchev–Trinajstić information content (AvgIpc) is 2.98. The highest BCUT2D eigenvalue weighted by molar-refractivity contribution is 5.59. The monoisotopic (exact) mass is 252 g/mol. The number of benzene rings is 2. The van der Waals surface area contributed by atoms with Crippen LogP contribution in [0.15, 0.2) is 59.0 Å². The van der Waals surface area contributed by atoms with Crippen LogP contribution in [0.25, 0.3) is 22.9 Å². The summed E-state index contributed by atoms with van der Waals surface area (Å²) < 4.78 is 10.9. The lowest BCUT2D eigenvalue weighted by Gasteiger charge is -2.00. The molecule has 1 aromatic heterocycles. The van der Waals surface area contributed by atoms with Crippen LogP contribution in [0.3, 0.4) is 0 Å². The van der Waals surface area contributed by atoms with Crippen LogP contribution in [0.5, 0.6) is 5.75 Å². The normalized spacial score (nSPS) is 10.4. The van der Waals surface area contributed by atoms with Crippen molar-refractivity contribution in [3.05, 3.63) is 54.6 Å². The Kier molecular flexibility index (Phi) is 2.98. The van der Waals surface area contributed by atoms with Crippen LogP contribution in [0, 0.1) is 0 Å².